The van der Waals surface area contributed by atoms with Gasteiger partial charge in [-0.25, -0.2) is 9.59 Å². The van der Waals surface area contributed by atoms with Crippen molar-refractivity contribution >= 4 is 27.9 Å². The summed E-state index contributed by atoms with van der Waals surface area (Å²) in [7, 11) is 0. The molecule has 1 heterocycles. The molecule has 1 atom stereocenters. The average Bonchev–Trinajstić information content (AvgIpc) is 2.28. The summed E-state index contributed by atoms with van der Waals surface area (Å²) in [6, 6.07) is 6.36. The van der Waals surface area contributed by atoms with Crippen LogP contribution >= 0.6 is 15.9 Å². The molecule has 0 spiro atoms. The normalized spacial score (nSPS) is 19.0. The minimum atomic E-state index is -1.15. The standard InChI is InChI=1S/C11H9BrN2O3/c12-7-3-1-2-6(4-7)8-5-9(10(15)16)14-11(17)13-8/h1-5,8H,(H,15,16)(H2,13,14,17)/t8-/m0/s1. The van der Waals surface area contributed by atoms with E-state index in [-0.39, 0.29) is 5.70 Å². The van der Waals surface area contributed by atoms with Crippen molar-refractivity contribution in [1.82, 2.24) is 10.6 Å². The maximum atomic E-state index is 11.3. The second-order valence-corrected chi connectivity index (χ2v) is 4.43. The molecule has 5 nitrogen and oxygen atoms in total. The lowest BCUT2D eigenvalue weighted by atomic mass is 10.0. The van der Waals surface area contributed by atoms with Crippen LogP contribution < -0.4 is 10.6 Å². The summed E-state index contributed by atoms with van der Waals surface area (Å²) in [5.41, 5.74) is 0.701. The number of aliphatic carboxylic acids is 1. The summed E-state index contributed by atoms with van der Waals surface area (Å²) >= 11 is 3.32. The smallest absolute Gasteiger partial charge is 0.352 e. The van der Waals surface area contributed by atoms with Crippen LogP contribution in [0, 0.1) is 0 Å². The molecular formula is C11H9BrN2O3. The summed E-state index contributed by atoms with van der Waals surface area (Å²) in [5.74, 6) is -1.15. The largest absolute Gasteiger partial charge is 0.477 e. The van der Waals surface area contributed by atoms with Crippen LogP contribution in [0.3, 0.4) is 0 Å². The fourth-order valence-corrected chi connectivity index (χ4v) is 1.97. The maximum absolute atomic E-state index is 11.3. The zero-order chi connectivity index (χ0) is 12.4. The number of halogens is 1. The molecule has 0 aliphatic carbocycles. The molecule has 2 rings (SSSR count). The quantitative estimate of drug-likeness (QED) is 0.778. The first-order valence-electron chi connectivity index (χ1n) is 4.84. The Bertz CT molecular complexity index is 513. The molecule has 0 saturated heterocycles. The fraction of sp³-hybridized carbons (Fsp3) is 0.0909. The Morgan fingerprint density at radius 1 is 1.41 bits per heavy atom. The molecule has 0 bridgehead atoms. The van der Waals surface area contributed by atoms with Crippen molar-refractivity contribution in [1.29, 1.82) is 0 Å². The third kappa shape index (κ3) is 2.65. The Morgan fingerprint density at radius 3 is 2.82 bits per heavy atom. The van der Waals surface area contributed by atoms with Gasteiger partial charge in [0.25, 0.3) is 0 Å². The van der Waals surface area contributed by atoms with Crippen molar-refractivity contribution in [2.75, 3.05) is 0 Å². The van der Waals surface area contributed by atoms with E-state index in [1.807, 2.05) is 24.3 Å². The van der Waals surface area contributed by atoms with Gasteiger partial charge < -0.3 is 15.7 Å². The summed E-state index contributed by atoms with van der Waals surface area (Å²) < 4.78 is 0.869. The van der Waals surface area contributed by atoms with Crippen LogP contribution in [0.4, 0.5) is 4.79 Å². The number of carboxylic acids is 1. The monoisotopic (exact) mass is 296 g/mol. The topological polar surface area (TPSA) is 78.4 Å². The van der Waals surface area contributed by atoms with E-state index in [2.05, 4.69) is 26.6 Å². The third-order valence-electron chi connectivity index (χ3n) is 2.31. The van der Waals surface area contributed by atoms with Gasteiger partial charge in [-0.3, -0.25) is 0 Å². The molecule has 17 heavy (non-hydrogen) atoms. The molecule has 88 valence electrons. The Balaban J connectivity index is 2.35. The van der Waals surface area contributed by atoms with Gasteiger partial charge in [0.1, 0.15) is 5.70 Å². The summed E-state index contributed by atoms with van der Waals surface area (Å²) in [4.78, 5) is 22.1. The predicted octanol–water partition coefficient (Wildman–Crippen LogP) is 1.77. The zero-order valence-corrected chi connectivity index (χ0v) is 10.2. The predicted molar refractivity (Wildman–Crippen MR) is 64.3 cm³/mol. The number of carbonyl (C=O) groups is 2. The second-order valence-electron chi connectivity index (χ2n) is 3.52. The van der Waals surface area contributed by atoms with Crippen molar-refractivity contribution in [3.05, 3.63) is 46.1 Å². The highest BCUT2D eigenvalue weighted by atomic mass is 79.9. The van der Waals surface area contributed by atoms with Crippen LogP contribution in [-0.4, -0.2) is 17.1 Å². The van der Waals surface area contributed by atoms with Gasteiger partial charge >= 0.3 is 12.0 Å². The SMILES string of the molecule is O=C1NC(C(=O)O)=C[C@@H](c2cccc(Br)c2)N1. The summed E-state index contributed by atoms with van der Waals surface area (Å²) in [6.45, 7) is 0. The molecule has 0 radical (unpaired) electrons. The third-order valence-corrected chi connectivity index (χ3v) is 2.80. The highest BCUT2D eigenvalue weighted by molar-refractivity contribution is 9.10. The number of nitrogens with one attached hydrogen (secondary N) is 2. The van der Waals surface area contributed by atoms with Gasteiger partial charge in [-0.1, -0.05) is 28.1 Å². The van der Waals surface area contributed by atoms with Gasteiger partial charge in [0, 0.05) is 4.47 Å². The van der Waals surface area contributed by atoms with Gasteiger partial charge in [0.05, 0.1) is 6.04 Å². The molecular weight excluding hydrogens is 288 g/mol. The van der Waals surface area contributed by atoms with Gasteiger partial charge in [0.2, 0.25) is 0 Å². The molecule has 0 aromatic heterocycles. The first kappa shape index (κ1) is 11.7. The molecule has 1 aromatic rings. The van der Waals surface area contributed by atoms with Crippen LogP contribution in [0.5, 0.6) is 0 Å². The molecule has 0 saturated carbocycles. The average molecular weight is 297 g/mol. The van der Waals surface area contributed by atoms with E-state index in [9.17, 15) is 9.59 Å². The minimum Gasteiger partial charge on any atom is -0.477 e. The molecule has 0 fully saturated rings. The van der Waals surface area contributed by atoms with Crippen LogP contribution in [0.25, 0.3) is 0 Å². The number of urea groups is 1. The molecule has 1 aliphatic heterocycles. The van der Waals surface area contributed by atoms with E-state index < -0.39 is 18.0 Å². The zero-order valence-electron chi connectivity index (χ0n) is 8.61. The number of hydrogen-bond donors (Lipinski definition) is 3. The van der Waals surface area contributed by atoms with E-state index in [4.69, 9.17) is 5.11 Å². The molecule has 1 aromatic carbocycles. The Morgan fingerprint density at radius 2 is 2.18 bits per heavy atom. The van der Waals surface area contributed by atoms with Crippen molar-refractivity contribution in [3.63, 3.8) is 0 Å². The van der Waals surface area contributed by atoms with Crippen molar-refractivity contribution < 1.29 is 14.7 Å². The number of carboxylic acid groups (broad SMARTS) is 1. The minimum absolute atomic E-state index is 0.112. The second kappa shape index (κ2) is 4.58. The highest BCUT2D eigenvalue weighted by Crippen LogP contribution is 2.21. The summed E-state index contributed by atoms with van der Waals surface area (Å²) in [5, 5.41) is 13.7. The van der Waals surface area contributed by atoms with Crippen molar-refractivity contribution in [2.45, 2.75) is 6.04 Å². The number of carbonyl (C=O) groups excluding carboxylic acids is 1. The Labute approximate surface area is 106 Å². The van der Waals surface area contributed by atoms with Crippen LogP contribution in [0.2, 0.25) is 0 Å². The van der Waals surface area contributed by atoms with Gasteiger partial charge in [-0.05, 0) is 23.8 Å². The first-order valence-corrected chi connectivity index (χ1v) is 5.63. The van der Waals surface area contributed by atoms with Crippen LogP contribution in [-0.2, 0) is 4.79 Å². The molecule has 1 aliphatic rings. The van der Waals surface area contributed by atoms with Gasteiger partial charge in [-0.2, -0.15) is 0 Å². The fourth-order valence-electron chi connectivity index (χ4n) is 1.55. The van der Waals surface area contributed by atoms with E-state index >= 15 is 0 Å². The summed E-state index contributed by atoms with van der Waals surface area (Å²) in [6.07, 6.45) is 1.46. The maximum Gasteiger partial charge on any atom is 0.352 e. The van der Waals surface area contributed by atoms with Crippen molar-refractivity contribution in [2.24, 2.45) is 0 Å². The van der Waals surface area contributed by atoms with E-state index in [0.717, 1.165) is 10.0 Å². The number of hydrogen-bond acceptors (Lipinski definition) is 2. The Kier molecular flexibility index (Phi) is 3.14. The van der Waals surface area contributed by atoms with Crippen LogP contribution in [0.1, 0.15) is 11.6 Å². The Hall–Kier alpha value is -1.82. The highest BCUT2D eigenvalue weighted by Gasteiger charge is 2.23. The number of rotatable bonds is 2. The van der Waals surface area contributed by atoms with E-state index in [1.54, 1.807) is 0 Å². The number of benzene rings is 1. The van der Waals surface area contributed by atoms with Gasteiger partial charge in [0.15, 0.2) is 0 Å². The molecule has 6 heteroatoms. The molecule has 2 amide bonds. The van der Waals surface area contributed by atoms with Crippen molar-refractivity contribution in [3.8, 4) is 0 Å². The lowest BCUT2D eigenvalue weighted by molar-refractivity contribution is -0.133. The van der Waals surface area contributed by atoms with Crippen LogP contribution in [0.15, 0.2) is 40.5 Å². The lowest BCUT2D eigenvalue weighted by Crippen LogP contribution is -2.43. The molecule has 0 unspecified atom stereocenters. The molecule has 3 N–H and O–H groups in total. The van der Waals surface area contributed by atoms with E-state index in [1.165, 1.54) is 6.08 Å². The first-order chi connectivity index (χ1) is 8.06. The number of amides is 2. The van der Waals surface area contributed by atoms with E-state index in [0.29, 0.717) is 0 Å². The lowest BCUT2D eigenvalue weighted by Gasteiger charge is -2.22. The van der Waals surface area contributed by atoms with Gasteiger partial charge in [-0.15, -0.1) is 0 Å².